The van der Waals surface area contributed by atoms with Gasteiger partial charge in [0.25, 0.3) is 5.69 Å². The van der Waals surface area contributed by atoms with Crippen LogP contribution in [0.3, 0.4) is 0 Å². The molecule has 6 heteroatoms. The number of aromatic nitrogens is 2. The van der Waals surface area contributed by atoms with Crippen LogP contribution in [0, 0.1) is 11.0 Å². The molecule has 0 spiro atoms. The van der Waals surface area contributed by atoms with Gasteiger partial charge in [0.2, 0.25) is 5.52 Å². The lowest BCUT2D eigenvalue weighted by Crippen LogP contribution is -2.42. The van der Waals surface area contributed by atoms with Gasteiger partial charge in [0.15, 0.2) is 5.52 Å². The van der Waals surface area contributed by atoms with E-state index < -0.39 is 5.56 Å². The Hall–Kier alpha value is -3.67. The number of fused-ring (bicyclic) bond motifs is 1. The van der Waals surface area contributed by atoms with Crippen molar-refractivity contribution in [2.45, 2.75) is 6.61 Å². The van der Waals surface area contributed by atoms with Crippen molar-refractivity contribution in [2.24, 2.45) is 0 Å². The fourth-order valence-electron chi connectivity index (χ4n) is 2.95. The van der Waals surface area contributed by atoms with Crippen molar-refractivity contribution in [3.05, 3.63) is 106 Å². The van der Waals surface area contributed by atoms with Crippen molar-refractivity contribution in [3.8, 4) is 11.3 Å². The van der Waals surface area contributed by atoms with Crippen LogP contribution < -0.4 is 15.1 Å². The summed E-state index contributed by atoms with van der Waals surface area (Å²) in [5.74, 6) is -0.385. The Balaban J connectivity index is 1.87. The number of hydrogen-bond donors (Lipinski definition) is 0. The van der Waals surface area contributed by atoms with Crippen LogP contribution >= 0.6 is 0 Å². The number of halogens is 1. The Bertz CT molecular complexity index is 1170. The topological polar surface area (TPSA) is 58.2 Å². The van der Waals surface area contributed by atoms with E-state index in [-0.39, 0.29) is 18.1 Å². The van der Waals surface area contributed by atoms with Crippen molar-refractivity contribution in [1.82, 2.24) is 4.73 Å². The average molecular weight is 362 g/mol. The van der Waals surface area contributed by atoms with Crippen molar-refractivity contribution in [1.29, 1.82) is 0 Å². The Morgan fingerprint density at radius 3 is 2.48 bits per heavy atom. The highest BCUT2D eigenvalue weighted by Crippen LogP contribution is 2.15. The molecular formula is C21H15FN2O3. The molecule has 1 heterocycles. The molecule has 0 aliphatic carbocycles. The highest BCUT2D eigenvalue weighted by molar-refractivity contribution is 5.73. The highest BCUT2D eigenvalue weighted by Gasteiger charge is 2.23. The molecule has 1 aromatic heterocycles. The Morgan fingerprint density at radius 2 is 1.70 bits per heavy atom. The molecule has 5 nitrogen and oxygen atoms in total. The second-order valence-corrected chi connectivity index (χ2v) is 6.00. The molecule has 0 unspecified atom stereocenters. The van der Waals surface area contributed by atoms with Gasteiger partial charge < -0.3 is 10.0 Å². The lowest BCUT2D eigenvalue weighted by atomic mass is 10.1. The lowest BCUT2D eigenvalue weighted by Gasteiger charge is -2.14. The van der Waals surface area contributed by atoms with Gasteiger partial charge >= 0.3 is 5.56 Å². The van der Waals surface area contributed by atoms with E-state index in [1.165, 1.54) is 12.1 Å². The van der Waals surface area contributed by atoms with Gasteiger partial charge in [-0.3, -0.25) is 4.79 Å². The summed E-state index contributed by atoms with van der Waals surface area (Å²) in [6.45, 7) is -0.0151. The van der Waals surface area contributed by atoms with Gasteiger partial charge in [-0.05, 0) is 35.9 Å². The van der Waals surface area contributed by atoms with E-state index in [2.05, 4.69) is 0 Å². The van der Waals surface area contributed by atoms with Crippen molar-refractivity contribution < 1.29 is 14.0 Å². The number of nitrogens with zero attached hydrogens (tertiary/aromatic N) is 2. The predicted octanol–water partition coefficient (Wildman–Crippen LogP) is 3.07. The zero-order valence-electron chi connectivity index (χ0n) is 14.2. The molecule has 0 bridgehead atoms. The van der Waals surface area contributed by atoms with Crippen LogP contribution in [0.25, 0.3) is 22.3 Å². The lowest BCUT2D eigenvalue weighted by molar-refractivity contribution is -0.566. The molecule has 0 saturated heterocycles. The van der Waals surface area contributed by atoms with Crippen LogP contribution in [0.15, 0.2) is 83.7 Å². The van der Waals surface area contributed by atoms with Crippen molar-refractivity contribution >= 4 is 11.0 Å². The molecule has 4 rings (SSSR count). The zero-order valence-corrected chi connectivity index (χ0v) is 14.2. The van der Waals surface area contributed by atoms with Crippen LogP contribution in [-0.2, 0) is 6.61 Å². The quantitative estimate of drug-likeness (QED) is 0.414. The van der Waals surface area contributed by atoms with Crippen LogP contribution in [-0.4, -0.2) is 4.73 Å². The van der Waals surface area contributed by atoms with E-state index in [0.29, 0.717) is 26.9 Å². The van der Waals surface area contributed by atoms with Gasteiger partial charge in [-0.15, -0.1) is 4.73 Å². The Morgan fingerprint density at radius 1 is 0.963 bits per heavy atom. The summed E-state index contributed by atoms with van der Waals surface area (Å²) >= 11 is 0. The van der Waals surface area contributed by atoms with Gasteiger partial charge in [-0.2, -0.15) is 4.73 Å². The first-order valence-corrected chi connectivity index (χ1v) is 8.35. The van der Waals surface area contributed by atoms with Gasteiger partial charge in [0.05, 0.1) is 5.56 Å². The van der Waals surface area contributed by atoms with Gasteiger partial charge in [0.1, 0.15) is 12.4 Å². The van der Waals surface area contributed by atoms with Crippen LogP contribution in [0.4, 0.5) is 4.39 Å². The predicted molar refractivity (Wildman–Crippen MR) is 99.3 cm³/mol. The highest BCUT2D eigenvalue weighted by atomic mass is 19.1. The van der Waals surface area contributed by atoms with E-state index in [4.69, 9.17) is 4.84 Å². The number of hydrogen-bond acceptors (Lipinski definition) is 3. The maximum Gasteiger partial charge on any atom is 0.357 e. The zero-order chi connectivity index (χ0) is 18.8. The number of benzene rings is 3. The second-order valence-electron chi connectivity index (χ2n) is 6.00. The molecule has 0 radical (unpaired) electrons. The summed E-state index contributed by atoms with van der Waals surface area (Å²) in [4.78, 5) is 18.7. The minimum Gasteiger partial charge on any atom is -0.618 e. The van der Waals surface area contributed by atoms with Crippen LogP contribution in [0.2, 0.25) is 0 Å². The first-order chi connectivity index (χ1) is 13.1. The summed E-state index contributed by atoms with van der Waals surface area (Å²) in [6, 6.07) is 21.3. The molecule has 0 N–H and O–H groups in total. The minimum absolute atomic E-state index is 0.0151. The third-order valence-corrected chi connectivity index (χ3v) is 4.21. The number of para-hydroxylation sites is 2. The van der Waals surface area contributed by atoms with Crippen molar-refractivity contribution in [3.63, 3.8) is 0 Å². The summed E-state index contributed by atoms with van der Waals surface area (Å²) in [5.41, 5.74) is 1.10. The van der Waals surface area contributed by atoms with Crippen LogP contribution in [0.1, 0.15) is 5.56 Å². The minimum atomic E-state index is -0.577. The first kappa shape index (κ1) is 16.8. The van der Waals surface area contributed by atoms with Gasteiger partial charge in [0, 0.05) is 6.07 Å². The summed E-state index contributed by atoms with van der Waals surface area (Å²) in [6.07, 6.45) is 0. The molecule has 0 atom stereocenters. The summed E-state index contributed by atoms with van der Waals surface area (Å²) in [5, 5.41) is 12.8. The first-order valence-electron chi connectivity index (χ1n) is 8.35. The fraction of sp³-hybridized carbons (Fsp3) is 0.0476. The van der Waals surface area contributed by atoms with E-state index in [9.17, 15) is 14.4 Å². The molecule has 134 valence electrons. The molecule has 27 heavy (non-hydrogen) atoms. The van der Waals surface area contributed by atoms with Gasteiger partial charge in [-0.1, -0.05) is 42.5 Å². The third kappa shape index (κ3) is 3.13. The molecular weight excluding hydrogens is 347 g/mol. The van der Waals surface area contributed by atoms with Crippen LogP contribution in [0.5, 0.6) is 0 Å². The Labute approximate surface area is 154 Å². The maximum absolute atomic E-state index is 13.4. The standard InChI is InChI=1S/C21H15FN2O3/c22-17-10-6-7-15(13-17)14-27-24-19-12-5-4-11-18(19)23(26)20(21(24)25)16-8-2-1-3-9-16/h1-13H,14H2. The smallest absolute Gasteiger partial charge is 0.357 e. The molecule has 0 aliphatic rings. The molecule has 3 aromatic carbocycles. The second kappa shape index (κ2) is 6.92. The molecule has 0 saturated carbocycles. The monoisotopic (exact) mass is 362 g/mol. The summed E-state index contributed by atoms with van der Waals surface area (Å²) in [7, 11) is 0. The third-order valence-electron chi connectivity index (χ3n) is 4.21. The molecule has 4 aromatic rings. The van der Waals surface area contributed by atoms with Gasteiger partial charge in [-0.25, -0.2) is 4.39 Å². The van der Waals surface area contributed by atoms with Crippen molar-refractivity contribution in [2.75, 3.05) is 0 Å². The average Bonchev–Trinajstić information content (AvgIpc) is 2.69. The van der Waals surface area contributed by atoms with E-state index in [1.807, 2.05) is 0 Å². The van der Waals surface area contributed by atoms with E-state index >= 15 is 0 Å². The largest absolute Gasteiger partial charge is 0.618 e. The Kier molecular flexibility index (Phi) is 4.30. The molecule has 0 amide bonds. The summed E-state index contributed by atoms with van der Waals surface area (Å²) < 4.78 is 15.1. The fourth-order valence-corrected chi connectivity index (χ4v) is 2.95. The maximum atomic E-state index is 13.4. The normalized spacial score (nSPS) is 10.9. The molecule has 0 aliphatic heterocycles. The van der Waals surface area contributed by atoms with E-state index in [1.54, 1.807) is 66.7 Å². The molecule has 0 fully saturated rings. The van der Waals surface area contributed by atoms with E-state index in [0.717, 1.165) is 4.73 Å². The SMILES string of the molecule is O=c1c(-c2ccccc2)[n+]([O-])c2ccccc2n1OCc1cccc(F)c1. The number of rotatable bonds is 4.